The topological polar surface area (TPSA) is 117 Å². The molecule has 0 unspecified atom stereocenters. The number of carbonyl (C=O) groups excluding carboxylic acids is 2. The number of hydrogen-bond donors (Lipinski definition) is 0. The van der Waals surface area contributed by atoms with Crippen LogP contribution in [0.3, 0.4) is 0 Å². The molecular weight excluding hydrogens is 434 g/mol. The molecule has 0 aliphatic carbocycles. The second-order valence-electron chi connectivity index (χ2n) is 7.18. The van der Waals surface area contributed by atoms with Gasteiger partial charge in [0.05, 0.1) is 41.9 Å². The molecule has 0 spiro atoms. The highest BCUT2D eigenvalue weighted by Crippen LogP contribution is 2.25. The van der Waals surface area contributed by atoms with Crippen molar-refractivity contribution in [2.24, 2.45) is 0 Å². The molecule has 0 saturated carbocycles. The van der Waals surface area contributed by atoms with E-state index in [9.17, 15) is 18.0 Å². The number of sulfonamides is 1. The van der Waals surface area contributed by atoms with Crippen molar-refractivity contribution < 1.29 is 27.5 Å². The van der Waals surface area contributed by atoms with Crippen molar-refractivity contribution in [3.05, 3.63) is 64.7 Å². The van der Waals surface area contributed by atoms with E-state index < -0.39 is 22.0 Å². The van der Waals surface area contributed by atoms with Gasteiger partial charge in [-0.3, -0.25) is 4.90 Å². The first-order valence-corrected chi connectivity index (χ1v) is 11.3. The molecule has 0 bridgehead atoms. The number of nitrogens with zero attached hydrogens (tertiary/aromatic N) is 3. The Labute approximate surface area is 186 Å². The first-order valence-electron chi connectivity index (χ1n) is 9.82. The first-order chi connectivity index (χ1) is 15.3. The zero-order valence-electron chi connectivity index (χ0n) is 17.8. The molecule has 168 valence electrons. The van der Waals surface area contributed by atoms with Gasteiger partial charge in [-0.15, -0.1) is 0 Å². The standard InChI is InChI=1S/C22H23N3O6S/c1-30-21(26)18-7-8-19(22(27)31-2)20(13-18)32(28,29)25-11-9-24(10-12-25)15-17-5-3-16(14-23)4-6-17/h3-8,13H,9-12,15H2,1-2H3. The van der Waals surface area contributed by atoms with E-state index in [0.29, 0.717) is 25.2 Å². The zero-order valence-corrected chi connectivity index (χ0v) is 18.6. The summed E-state index contributed by atoms with van der Waals surface area (Å²) in [6.07, 6.45) is 0. The van der Waals surface area contributed by atoms with Crippen molar-refractivity contribution in [3.63, 3.8) is 0 Å². The van der Waals surface area contributed by atoms with Gasteiger partial charge in [0.2, 0.25) is 10.0 Å². The number of benzene rings is 2. The fourth-order valence-corrected chi connectivity index (χ4v) is 5.10. The minimum atomic E-state index is -4.06. The molecule has 1 saturated heterocycles. The predicted octanol–water partition coefficient (Wildman–Crippen LogP) is 1.64. The highest BCUT2D eigenvalue weighted by atomic mass is 32.2. The molecule has 32 heavy (non-hydrogen) atoms. The average Bonchev–Trinajstić information content (AvgIpc) is 2.83. The van der Waals surface area contributed by atoms with Crippen molar-refractivity contribution in [1.29, 1.82) is 5.26 Å². The summed E-state index contributed by atoms with van der Waals surface area (Å²) in [6.45, 7) is 2.06. The van der Waals surface area contributed by atoms with Crippen molar-refractivity contribution in [1.82, 2.24) is 9.21 Å². The lowest BCUT2D eigenvalue weighted by molar-refractivity contribution is 0.0583. The fraction of sp³-hybridized carbons (Fsp3) is 0.318. The van der Waals surface area contributed by atoms with E-state index in [0.717, 1.165) is 18.7 Å². The number of hydrogen-bond acceptors (Lipinski definition) is 8. The van der Waals surface area contributed by atoms with Crippen LogP contribution in [-0.2, 0) is 26.0 Å². The normalized spacial score (nSPS) is 15.0. The van der Waals surface area contributed by atoms with Crippen LogP contribution in [0.15, 0.2) is 47.4 Å². The molecule has 10 heteroatoms. The predicted molar refractivity (Wildman–Crippen MR) is 114 cm³/mol. The van der Waals surface area contributed by atoms with E-state index in [1.165, 1.54) is 23.5 Å². The van der Waals surface area contributed by atoms with E-state index in [4.69, 9.17) is 10.00 Å². The molecule has 1 fully saturated rings. The summed E-state index contributed by atoms with van der Waals surface area (Å²) in [5, 5.41) is 8.90. The Kier molecular flexibility index (Phi) is 7.25. The highest BCUT2D eigenvalue weighted by Gasteiger charge is 2.33. The smallest absolute Gasteiger partial charge is 0.339 e. The monoisotopic (exact) mass is 457 g/mol. The summed E-state index contributed by atoms with van der Waals surface area (Å²) in [6, 6.07) is 13.1. The van der Waals surface area contributed by atoms with Gasteiger partial charge >= 0.3 is 11.9 Å². The Morgan fingerprint density at radius 2 is 1.59 bits per heavy atom. The maximum atomic E-state index is 13.3. The summed E-state index contributed by atoms with van der Waals surface area (Å²) in [4.78, 5) is 25.9. The van der Waals surface area contributed by atoms with Gasteiger partial charge < -0.3 is 9.47 Å². The molecule has 0 aromatic heterocycles. The lowest BCUT2D eigenvalue weighted by Gasteiger charge is -2.34. The van der Waals surface area contributed by atoms with E-state index in [2.05, 4.69) is 15.7 Å². The van der Waals surface area contributed by atoms with Crippen molar-refractivity contribution >= 4 is 22.0 Å². The minimum Gasteiger partial charge on any atom is -0.465 e. The van der Waals surface area contributed by atoms with Crippen molar-refractivity contribution in [2.75, 3.05) is 40.4 Å². The van der Waals surface area contributed by atoms with Gasteiger partial charge in [-0.2, -0.15) is 9.57 Å². The van der Waals surface area contributed by atoms with E-state index in [1.807, 2.05) is 12.1 Å². The van der Waals surface area contributed by atoms with Crippen LogP contribution in [0, 0.1) is 11.3 Å². The number of ether oxygens (including phenoxy) is 2. The maximum Gasteiger partial charge on any atom is 0.339 e. The van der Waals surface area contributed by atoms with Crippen LogP contribution in [0.1, 0.15) is 31.8 Å². The molecule has 0 atom stereocenters. The van der Waals surface area contributed by atoms with E-state index >= 15 is 0 Å². The molecule has 3 rings (SSSR count). The quantitative estimate of drug-likeness (QED) is 0.601. The van der Waals surface area contributed by atoms with Gasteiger partial charge in [-0.1, -0.05) is 12.1 Å². The number of esters is 2. The molecule has 1 aliphatic heterocycles. The third-order valence-corrected chi connectivity index (χ3v) is 7.18. The van der Waals surface area contributed by atoms with Gasteiger partial charge in [0.15, 0.2) is 0 Å². The SMILES string of the molecule is COC(=O)c1ccc(C(=O)OC)c(S(=O)(=O)N2CCN(Cc3ccc(C#N)cc3)CC2)c1. The summed E-state index contributed by atoms with van der Waals surface area (Å²) >= 11 is 0. The van der Waals surface area contributed by atoms with Crippen LogP contribution in [0.2, 0.25) is 0 Å². The molecule has 0 N–H and O–H groups in total. The van der Waals surface area contributed by atoms with Crippen LogP contribution in [0.4, 0.5) is 0 Å². The van der Waals surface area contributed by atoms with Crippen LogP contribution >= 0.6 is 0 Å². The second kappa shape index (κ2) is 9.91. The largest absolute Gasteiger partial charge is 0.465 e. The molecule has 0 radical (unpaired) electrons. The number of nitriles is 1. The lowest BCUT2D eigenvalue weighted by atomic mass is 10.1. The number of rotatable bonds is 6. The van der Waals surface area contributed by atoms with Gasteiger partial charge in [0.1, 0.15) is 0 Å². The van der Waals surface area contributed by atoms with E-state index in [-0.39, 0.29) is 29.1 Å². The van der Waals surface area contributed by atoms with Gasteiger partial charge in [-0.05, 0) is 35.9 Å². The summed E-state index contributed by atoms with van der Waals surface area (Å²) in [5.41, 5.74) is 1.50. The van der Waals surface area contributed by atoms with Crippen molar-refractivity contribution in [3.8, 4) is 6.07 Å². The number of methoxy groups -OCH3 is 2. The zero-order chi connectivity index (χ0) is 23.3. The maximum absolute atomic E-state index is 13.3. The molecule has 0 amide bonds. The summed E-state index contributed by atoms with van der Waals surface area (Å²) in [5.74, 6) is -1.51. The molecule has 1 aliphatic rings. The first kappa shape index (κ1) is 23.4. The Balaban J connectivity index is 1.79. The third kappa shape index (κ3) is 4.96. The molecular formula is C22H23N3O6S. The molecule has 9 nitrogen and oxygen atoms in total. The summed E-state index contributed by atoms with van der Waals surface area (Å²) in [7, 11) is -1.70. The number of piperazine rings is 1. The van der Waals surface area contributed by atoms with Gasteiger partial charge in [-0.25, -0.2) is 18.0 Å². The van der Waals surface area contributed by atoms with Crippen LogP contribution in [0.25, 0.3) is 0 Å². The van der Waals surface area contributed by atoms with Crippen LogP contribution in [0.5, 0.6) is 0 Å². The van der Waals surface area contributed by atoms with Crippen LogP contribution < -0.4 is 0 Å². The van der Waals surface area contributed by atoms with Crippen molar-refractivity contribution in [2.45, 2.75) is 11.4 Å². The third-order valence-electron chi connectivity index (χ3n) is 5.25. The Morgan fingerprint density at radius 1 is 0.969 bits per heavy atom. The Morgan fingerprint density at radius 3 is 2.16 bits per heavy atom. The molecule has 2 aromatic carbocycles. The van der Waals surface area contributed by atoms with Gasteiger partial charge in [0.25, 0.3) is 0 Å². The fourth-order valence-electron chi connectivity index (χ4n) is 3.47. The molecule has 2 aromatic rings. The highest BCUT2D eigenvalue weighted by molar-refractivity contribution is 7.89. The molecule has 1 heterocycles. The Hall–Kier alpha value is -3.26. The summed E-state index contributed by atoms with van der Waals surface area (Å²) < 4.78 is 37.4. The van der Waals surface area contributed by atoms with Gasteiger partial charge in [0, 0.05) is 32.7 Å². The minimum absolute atomic E-state index is 0.0261. The van der Waals surface area contributed by atoms with Crippen LogP contribution in [-0.4, -0.2) is 70.0 Å². The number of carbonyl (C=O) groups is 2. The second-order valence-corrected chi connectivity index (χ2v) is 9.09. The lowest BCUT2D eigenvalue weighted by Crippen LogP contribution is -2.48. The van der Waals surface area contributed by atoms with E-state index in [1.54, 1.807) is 12.1 Å². The Bertz CT molecular complexity index is 1150. The average molecular weight is 458 g/mol.